The number of carbonyl (C=O) groups excluding carboxylic acids is 1. The van der Waals surface area contributed by atoms with Crippen LogP contribution >= 0.6 is 0 Å². The summed E-state index contributed by atoms with van der Waals surface area (Å²) in [6.07, 6.45) is -0.993. The van der Waals surface area contributed by atoms with Gasteiger partial charge in [-0.15, -0.1) is 0 Å². The number of anilines is 1. The molecule has 2 atom stereocenters. The summed E-state index contributed by atoms with van der Waals surface area (Å²) in [7, 11) is 1.58. The fourth-order valence-electron chi connectivity index (χ4n) is 2.28. The lowest BCUT2D eigenvalue weighted by Gasteiger charge is -2.45. The van der Waals surface area contributed by atoms with Crippen molar-refractivity contribution in [3.63, 3.8) is 0 Å². The van der Waals surface area contributed by atoms with E-state index in [1.807, 2.05) is 60.7 Å². The first-order valence-electron chi connectivity index (χ1n) is 6.44. The Balaban J connectivity index is 1.77. The zero-order chi connectivity index (χ0) is 13.9. The Morgan fingerprint density at radius 1 is 0.950 bits per heavy atom. The molecule has 20 heavy (non-hydrogen) atoms. The summed E-state index contributed by atoms with van der Waals surface area (Å²) >= 11 is 0. The molecule has 4 heteroatoms. The molecule has 3 rings (SSSR count). The summed E-state index contributed by atoms with van der Waals surface area (Å²) in [6, 6.07) is 18.7. The van der Waals surface area contributed by atoms with Gasteiger partial charge in [-0.1, -0.05) is 36.4 Å². The lowest BCUT2D eigenvalue weighted by molar-refractivity contribution is -0.148. The molecule has 1 fully saturated rings. The van der Waals surface area contributed by atoms with E-state index in [0.29, 0.717) is 5.75 Å². The van der Waals surface area contributed by atoms with Gasteiger partial charge in [0, 0.05) is 12.8 Å². The topological polar surface area (TPSA) is 38.8 Å². The van der Waals surface area contributed by atoms with Crippen LogP contribution in [-0.4, -0.2) is 25.3 Å². The molecule has 1 aliphatic rings. The maximum atomic E-state index is 12.3. The summed E-state index contributed by atoms with van der Waals surface area (Å²) in [6.45, 7) is 0. The monoisotopic (exact) mass is 269 g/mol. The molecule has 0 saturated carbocycles. The lowest BCUT2D eigenvalue weighted by atomic mass is 10.1. The number of hydrogen-bond donors (Lipinski definition) is 0. The van der Waals surface area contributed by atoms with E-state index in [1.165, 1.54) is 0 Å². The van der Waals surface area contributed by atoms with Gasteiger partial charge in [0.1, 0.15) is 5.75 Å². The molecular weight excluding hydrogens is 254 g/mol. The van der Waals surface area contributed by atoms with Crippen LogP contribution in [-0.2, 0) is 9.53 Å². The molecule has 0 spiro atoms. The van der Waals surface area contributed by atoms with Gasteiger partial charge >= 0.3 is 0 Å². The minimum absolute atomic E-state index is 0.0908. The summed E-state index contributed by atoms with van der Waals surface area (Å²) < 4.78 is 11.1. The van der Waals surface area contributed by atoms with Gasteiger partial charge < -0.3 is 9.47 Å². The quantitative estimate of drug-likeness (QED) is 0.800. The predicted molar refractivity (Wildman–Crippen MR) is 75.6 cm³/mol. The Labute approximate surface area is 117 Å². The third-order valence-electron chi connectivity index (χ3n) is 3.28. The SMILES string of the molecule is CO[C@H]1[C@H](Oc2ccccc2)C(=O)N1c1ccccc1. The fraction of sp³-hybridized carbons (Fsp3) is 0.188. The summed E-state index contributed by atoms with van der Waals surface area (Å²) in [5.41, 5.74) is 0.817. The van der Waals surface area contributed by atoms with Crippen molar-refractivity contribution >= 4 is 11.6 Å². The third-order valence-corrected chi connectivity index (χ3v) is 3.28. The highest BCUT2D eigenvalue weighted by Gasteiger charge is 2.50. The highest BCUT2D eigenvalue weighted by molar-refractivity contribution is 6.04. The van der Waals surface area contributed by atoms with Crippen LogP contribution in [0, 0.1) is 0 Å². The van der Waals surface area contributed by atoms with Gasteiger partial charge in [0.05, 0.1) is 0 Å². The molecule has 0 aromatic heterocycles. The van der Waals surface area contributed by atoms with Crippen molar-refractivity contribution in [2.24, 2.45) is 0 Å². The molecule has 0 aliphatic carbocycles. The Hall–Kier alpha value is -2.33. The highest BCUT2D eigenvalue weighted by atomic mass is 16.6. The number of β-lactam (4-membered cyclic amide) rings is 1. The molecule has 0 unspecified atom stereocenters. The molecule has 0 radical (unpaired) electrons. The molecule has 1 amide bonds. The van der Waals surface area contributed by atoms with Crippen LogP contribution in [0.5, 0.6) is 5.75 Å². The van der Waals surface area contributed by atoms with Gasteiger partial charge in [0.25, 0.3) is 5.91 Å². The second kappa shape index (κ2) is 5.35. The van der Waals surface area contributed by atoms with Gasteiger partial charge in [0.15, 0.2) is 6.23 Å². The Bertz CT molecular complexity index is 585. The number of rotatable bonds is 4. The molecule has 0 N–H and O–H groups in total. The van der Waals surface area contributed by atoms with Crippen molar-refractivity contribution in [1.29, 1.82) is 0 Å². The average Bonchev–Trinajstić information content (AvgIpc) is 2.51. The van der Waals surface area contributed by atoms with E-state index in [-0.39, 0.29) is 5.91 Å². The van der Waals surface area contributed by atoms with Gasteiger partial charge in [-0.2, -0.15) is 0 Å². The normalized spacial score (nSPS) is 21.4. The number of amides is 1. The van der Waals surface area contributed by atoms with E-state index in [1.54, 1.807) is 12.0 Å². The first-order valence-corrected chi connectivity index (χ1v) is 6.44. The van der Waals surface area contributed by atoms with Crippen LogP contribution < -0.4 is 9.64 Å². The number of hydrogen-bond acceptors (Lipinski definition) is 3. The summed E-state index contributed by atoms with van der Waals surface area (Å²) in [5, 5.41) is 0. The standard InChI is InChI=1S/C16H15NO3/c1-19-16-14(20-13-10-6-3-7-11-13)15(18)17(16)12-8-4-2-5-9-12/h2-11,14,16H,1H3/t14-,16+/m1/s1. The number of nitrogens with zero attached hydrogens (tertiary/aromatic N) is 1. The van der Waals surface area contributed by atoms with Crippen LogP contribution in [0.2, 0.25) is 0 Å². The molecular formula is C16H15NO3. The predicted octanol–water partition coefficient (Wildman–Crippen LogP) is 2.45. The van der Waals surface area contributed by atoms with Crippen molar-refractivity contribution in [3.05, 3.63) is 60.7 Å². The van der Waals surface area contributed by atoms with Crippen molar-refractivity contribution in [3.8, 4) is 5.75 Å². The van der Waals surface area contributed by atoms with E-state index in [0.717, 1.165) is 5.69 Å². The molecule has 1 saturated heterocycles. The van der Waals surface area contributed by atoms with E-state index in [2.05, 4.69) is 0 Å². The molecule has 1 heterocycles. The van der Waals surface area contributed by atoms with Crippen LogP contribution in [0.25, 0.3) is 0 Å². The van der Waals surface area contributed by atoms with Crippen molar-refractivity contribution in [2.45, 2.75) is 12.3 Å². The third kappa shape index (κ3) is 2.14. The largest absolute Gasteiger partial charge is 0.476 e. The van der Waals surface area contributed by atoms with E-state index >= 15 is 0 Å². The van der Waals surface area contributed by atoms with E-state index in [9.17, 15) is 4.79 Å². The smallest absolute Gasteiger partial charge is 0.275 e. The zero-order valence-corrected chi connectivity index (χ0v) is 11.1. The van der Waals surface area contributed by atoms with Gasteiger partial charge in [-0.05, 0) is 24.3 Å². The maximum Gasteiger partial charge on any atom is 0.275 e. The average molecular weight is 269 g/mol. The molecule has 4 nitrogen and oxygen atoms in total. The van der Waals surface area contributed by atoms with Gasteiger partial charge in [-0.25, -0.2) is 0 Å². The second-order valence-corrected chi connectivity index (χ2v) is 4.52. The maximum absolute atomic E-state index is 12.3. The van der Waals surface area contributed by atoms with E-state index in [4.69, 9.17) is 9.47 Å². The van der Waals surface area contributed by atoms with Crippen molar-refractivity contribution < 1.29 is 14.3 Å². The van der Waals surface area contributed by atoms with Crippen LogP contribution in [0.1, 0.15) is 0 Å². The Kier molecular flexibility index (Phi) is 3.39. The van der Waals surface area contributed by atoms with Crippen LogP contribution in [0.3, 0.4) is 0 Å². The number of para-hydroxylation sites is 2. The molecule has 102 valence electrons. The number of methoxy groups -OCH3 is 1. The molecule has 2 aromatic rings. The van der Waals surface area contributed by atoms with E-state index < -0.39 is 12.3 Å². The first-order chi connectivity index (χ1) is 9.81. The summed E-state index contributed by atoms with van der Waals surface area (Å²) in [4.78, 5) is 13.9. The highest BCUT2D eigenvalue weighted by Crippen LogP contribution is 2.31. The van der Waals surface area contributed by atoms with Crippen molar-refractivity contribution in [2.75, 3.05) is 12.0 Å². The lowest BCUT2D eigenvalue weighted by Crippen LogP contribution is -2.68. The minimum atomic E-state index is -0.595. The van der Waals surface area contributed by atoms with Gasteiger partial charge in [-0.3, -0.25) is 9.69 Å². The first kappa shape index (κ1) is 12.7. The van der Waals surface area contributed by atoms with Gasteiger partial charge in [0.2, 0.25) is 6.10 Å². The molecule has 1 aliphatic heterocycles. The second-order valence-electron chi connectivity index (χ2n) is 4.52. The molecule has 2 aromatic carbocycles. The van der Waals surface area contributed by atoms with Crippen LogP contribution in [0.15, 0.2) is 60.7 Å². The minimum Gasteiger partial charge on any atom is -0.476 e. The Morgan fingerprint density at radius 2 is 1.55 bits per heavy atom. The Morgan fingerprint density at radius 3 is 2.15 bits per heavy atom. The molecule has 0 bridgehead atoms. The fourth-order valence-corrected chi connectivity index (χ4v) is 2.28. The van der Waals surface area contributed by atoms with Crippen molar-refractivity contribution in [1.82, 2.24) is 0 Å². The summed E-state index contributed by atoms with van der Waals surface area (Å²) in [5.74, 6) is 0.576. The number of carbonyl (C=O) groups is 1. The number of benzene rings is 2. The van der Waals surface area contributed by atoms with Crippen LogP contribution in [0.4, 0.5) is 5.69 Å². The zero-order valence-electron chi connectivity index (χ0n) is 11.1. The number of ether oxygens (including phenoxy) is 2.